The number of piperidine rings is 1. The van der Waals surface area contributed by atoms with E-state index < -0.39 is 0 Å². The van der Waals surface area contributed by atoms with Gasteiger partial charge in [-0.15, -0.1) is 0 Å². The standard InChI is InChI=1S/C17H30N4O3/c1-14-4-2-3-6-21(14)16(22)12-19-7-9-20(10-8-19)17(23)15-13-24-11-5-18-15/h14-15,18H,2-13H2,1H3. The highest BCUT2D eigenvalue weighted by molar-refractivity contribution is 5.82. The molecule has 136 valence electrons. The van der Waals surface area contributed by atoms with E-state index in [0.29, 0.717) is 38.9 Å². The van der Waals surface area contributed by atoms with Gasteiger partial charge in [0.1, 0.15) is 6.04 Å². The van der Waals surface area contributed by atoms with Gasteiger partial charge in [-0.25, -0.2) is 0 Å². The maximum absolute atomic E-state index is 12.5. The number of hydrogen-bond acceptors (Lipinski definition) is 5. The van der Waals surface area contributed by atoms with E-state index >= 15 is 0 Å². The zero-order valence-corrected chi connectivity index (χ0v) is 14.7. The quantitative estimate of drug-likeness (QED) is 0.753. The van der Waals surface area contributed by atoms with Crippen LogP contribution in [-0.4, -0.2) is 97.6 Å². The second-order valence-corrected chi connectivity index (χ2v) is 7.11. The fraction of sp³-hybridized carbons (Fsp3) is 0.882. The molecule has 7 heteroatoms. The first kappa shape index (κ1) is 17.6. The predicted octanol–water partition coefficient (Wildman–Crippen LogP) is -0.480. The Kier molecular flexibility index (Phi) is 6.08. The van der Waals surface area contributed by atoms with Crippen LogP contribution in [0, 0.1) is 0 Å². The van der Waals surface area contributed by atoms with E-state index in [1.54, 1.807) is 0 Å². The largest absolute Gasteiger partial charge is 0.378 e. The first-order valence-corrected chi connectivity index (χ1v) is 9.27. The van der Waals surface area contributed by atoms with Crippen molar-refractivity contribution in [3.63, 3.8) is 0 Å². The van der Waals surface area contributed by atoms with Crippen LogP contribution in [0.4, 0.5) is 0 Å². The number of nitrogens with zero attached hydrogens (tertiary/aromatic N) is 3. The van der Waals surface area contributed by atoms with E-state index in [1.165, 1.54) is 6.42 Å². The van der Waals surface area contributed by atoms with Gasteiger partial charge in [0.25, 0.3) is 0 Å². The van der Waals surface area contributed by atoms with E-state index in [1.807, 2.05) is 9.80 Å². The van der Waals surface area contributed by atoms with Crippen LogP contribution in [0.3, 0.4) is 0 Å². The molecule has 2 amide bonds. The minimum Gasteiger partial charge on any atom is -0.378 e. The normalized spacial score (nSPS) is 29.5. The van der Waals surface area contributed by atoms with Gasteiger partial charge in [0.2, 0.25) is 11.8 Å². The summed E-state index contributed by atoms with van der Waals surface area (Å²) in [4.78, 5) is 31.1. The van der Waals surface area contributed by atoms with Gasteiger partial charge in [-0.2, -0.15) is 0 Å². The molecular weight excluding hydrogens is 308 g/mol. The molecule has 2 unspecified atom stereocenters. The zero-order chi connectivity index (χ0) is 16.9. The van der Waals surface area contributed by atoms with Gasteiger partial charge >= 0.3 is 0 Å². The fourth-order valence-corrected chi connectivity index (χ4v) is 3.82. The Bertz CT molecular complexity index is 445. The van der Waals surface area contributed by atoms with Crippen LogP contribution in [0.2, 0.25) is 0 Å². The van der Waals surface area contributed by atoms with Gasteiger partial charge in [0.05, 0.1) is 19.8 Å². The first-order chi connectivity index (χ1) is 11.6. The maximum Gasteiger partial charge on any atom is 0.242 e. The third-order valence-electron chi connectivity index (χ3n) is 5.39. The van der Waals surface area contributed by atoms with Gasteiger partial charge in [0, 0.05) is 45.3 Å². The van der Waals surface area contributed by atoms with Crippen molar-refractivity contribution < 1.29 is 14.3 Å². The van der Waals surface area contributed by atoms with Gasteiger partial charge in [-0.1, -0.05) is 0 Å². The molecule has 3 rings (SSSR count). The van der Waals surface area contributed by atoms with E-state index in [-0.39, 0.29) is 17.9 Å². The molecule has 24 heavy (non-hydrogen) atoms. The Balaban J connectivity index is 1.43. The van der Waals surface area contributed by atoms with Crippen molar-refractivity contribution in [2.24, 2.45) is 0 Å². The summed E-state index contributed by atoms with van der Waals surface area (Å²) in [6.07, 6.45) is 3.46. The van der Waals surface area contributed by atoms with Crippen LogP contribution in [0.15, 0.2) is 0 Å². The van der Waals surface area contributed by atoms with Crippen LogP contribution < -0.4 is 5.32 Å². The Morgan fingerprint density at radius 1 is 1.12 bits per heavy atom. The molecule has 0 aromatic carbocycles. The highest BCUT2D eigenvalue weighted by Crippen LogP contribution is 2.17. The van der Waals surface area contributed by atoms with Crippen molar-refractivity contribution >= 4 is 11.8 Å². The molecule has 0 saturated carbocycles. The van der Waals surface area contributed by atoms with Crippen LogP contribution >= 0.6 is 0 Å². The Labute approximate surface area is 144 Å². The maximum atomic E-state index is 12.5. The van der Waals surface area contributed by atoms with Crippen molar-refractivity contribution in [1.29, 1.82) is 0 Å². The van der Waals surface area contributed by atoms with Crippen LogP contribution in [0.25, 0.3) is 0 Å². The minimum absolute atomic E-state index is 0.130. The molecule has 0 spiro atoms. The molecule has 3 aliphatic rings. The Hall–Kier alpha value is -1.18. The molecule has 0 bridgehead atoms. The monoisotopic (exact) mass is 338 g/mol. The number of likely N-dealkylation sites (tertiary alicyclic amines) is 1. The number of carbonyl (C=O) groups is 2. The molecule has 0 aliphatic carbocycles. The van der Waals surface area contributed by atoms with Crippen molar-refractivity contribution in [2.45, 2.75) is 38.3 Å². The van der Waals surface area contributed by atoms with Crippen molar-refractivity contribution in [1.82, 2.24) is 20.0 Å². The second-order valence-electron chi connectivity index (χ2n) is 7.11. The first-order valence-electron chi connectivity index (χ1n) is 9.27. The number of carbonyl (C=O) groups excluding carboxylic acids is 2. The summed E-state index contributed by atoms with van der Waals surface area (Å²) in [5.74, 6) is 0.370. The van der Waals surface area contributed by atoms with Gasteiger partial charge < -0.3 is 19.9 Å². The zero-order valence-electron chi connectivity index (χ0n) is 14.7. The van der Waals surface area contributed by atoms with Crippen molar-refractivity contribution in [2.75, 3.05) is 59.0 Å². The molecule has 1 N–H and O–H groups in total. The number of amides is 2. The molecule has 0 aromatic heterocycles. The lowest BCUT2D eigenvalue weighted by Gasteiger charge is -2.39. The number of morpholine rings is 1. The molecular formula is C17H30N4O3. The van der Waals surface area contributed by atoms with Gasteiger partial charge in [0.15, 0.2) is 0 Å². The molecule has 7 nitrogen and oxygen atoms in total. The third-order valence-corrected chi connectivity index (χ3v) is 5.39. The molecule has 0 radical (unpaired) electrons. The van der Waals surface area contributed by atoms with Gasteiger partial charge in [-0.3, -0.25) is 14.5 Å². The summed E-state index contributed by atoms with van der Waals surface area (Å²) < 4.78 is 5.37. The van der Waals surface area contributed by atoms with Gasteiger partial charge in [-0.05, 0) is 26.2 Å². The predicted molar refractivity (Wildman–Crippen MR) is 90.7 cm³/mol. The summed E-state index contributed by atoms with van der Waals surface area (Å²) in [7, 11) is 0. The van der Waals surface area contributed by atoms with Crippen molar-refractivity contribution in [3.8, 4) is 0 Å². The molecule has 0 aromatic rings. The Morgan fingerprint density at radius 3 is 2.58 bits per heavy atom. The topological polar surface area (TPSA) is 65.1 Å². The lowest BCUT2D eigenvalue weighted by molar-refractivity contribution is -0.139. The van der Waals surface area contributed by atoms with E-state index in [2.05, 4.69) is 17.1 Å². The average Bonchev–Trinajstić information content (AvgIpc) is 2.63. The number of rotatable bonds is 3. The average molecular weight is 338 g/mol. The van der Waals surface area contributed by atoms with Crippen LogP contribution in [0.5, 0.6) is 0 Å². The second kappa shape index (κ2) is 8.27. The lowest BCUT2D eigenvalue weighted by atomic mass is 10.0. The number of nitrogens with one attached hydrogen (secondary N) is 1. The summed E-state index contributed by atoms with van der Waals surface area (Å²) in [5, 5.41) is 3.22. The SMILES string of the molecule is CC1CCCCN1C(=O)CN1CCN(C(=O)C2COCCN2)CC1. The lowest BCUT2D eigenvalue weighted by Crippen LogP contribution is -2.58. The highest BCUT2D eigenvalue weighted by atomic mass is 16.5. The fourth-order valence-electron chi connectivity index (χ4n) is 3.82. The minimum atomic E-state index is -0.207. The molecule has 3 fully saturated rings. The number of ether oxygens (including phenoxy) is 1. The summed E-state index contributed by atoms with van der Waals surface area (Å²) in [6, 6.07) is 0.160. The van der Waals surface area contributed by atoms with Crippen molar-refractivity contribution in [3.05, 3.63) is 0 Å². The summed E-state index contributed by atoms with van der Waals surface area (Å²) in [6.45, 7) is 8.33. The highest BCUT2D eigenvalue weighted by Gasteiger charge is 2.30. The van der Waals surface area contributed by atoms with E-state index in [9.17, 15) is 9.59 Å². The van der Waals surface area contributed by atoms with Crippen LogP contribution in [-0.2, 0) is 14.3 Å². The smallest absolute Gasteiger partial charge is 0.242 e. The number of piperazine rings is 1. The molecule has 3 aliphatic heterocycles. The van der Waals surface area contributed by atoms with E-state index in [0.717, 1.165) is 39.0 Å². The molecule has 3 saturated heterocycles. The number of hydrogen-bond donors (Lipinski definition) is 1. The summed E-state index contributed by atoms with van der Waals surface area (Å²) in [5.41, 5.74) is 0. The Morgan fingerprint density at radius 2 is 1.92 bits per heavy atom. The van der Waals surface area contributed by atoms with E-state index in [4.69, 9.17) is 4.74 Å². The summed E-state index contributed by atoms with van der Waals surface area (Å²) >= 11 is 0. The molecule has 3 heterocycles. The van der Waals surface area contributed by atoms with Crippen LogP contribution in [0.1, 0.15) is 26.2 Å². The molecule has 2 atom stereocenters. The third kappa shape index (κ3) is 4.26.